The van der Waals surface area contributed by atoms with Crippen molar-refractivity contribution in [3.05, 3.63) is 40.2 Å². The topological polar surface area (TPSA) is 4.36 Å². The number of hydrogen-bond donors (Lipinski definition) is 0. The SMILES string of the molecule is [C-]#[N+]c1cc(C)c(C(C)C)c(C)c1. The van der Waals surface area contributed by atoms with Crippen LogP contribution in [-0.2, 0) is 0 Å². The molecule has 0 radical (unpaired) electrons. The van der Waals surface area contributed by atoms with Gasteiger partial charge in [-0.25, -0.2) is 4.85 Å². The molecule has 0 amide bonds. The van der Waals surface area contributed by atoms with Gasteiger partial charge in [0, 0.05) is 0 Å². The molecule has 0 heterocycles. The van der Waals surface area contributed by atoms with E-state index in [0.717, 1.165) is 5.69 Å². The van der Waals surface area contributed by atoms with Crippen LogP contribution in [0.5, 0.6) is 0 Å². The van der Waals surface area contributed by atoms with Gasteiger partial charge in [0.2, 0.25) is 0 Å². The maximum Gasteiger partial charge on any atom is 0.187 e. The van der Waals surface area contributed by atoms with Crippen molar-refractivity contribution in [2.75, 3.05) is 0 Å². The Labute approximate surface area is 80.2 Å². The van der Waals surface area contributed by atoms with Gasteiger partial charge in [0.15, 0.2) is 5.69 Å². The Morgan fingerprint density at radius 2 is 1.62 bits per heavy atom. The zero-order valence-electron chi connectivity index (χ0n) is 8.68. The van der Waals surface area contributed by atoms with Crippen LogP contribution in [-0.4, -0.2) is 0 Å². The fourth-order valence-electron chi connectivity index (χ4n) is 1.93. The Morgan fingerprint density at radius 3 is 1.92 bits per heavy atom. The van der Waals surface area contributed by atoms with Crippen LogP contribution >= 0.6 is 0 Å². The molecule has 0 aliphatic heterocycles. The summed E-state index contributed by atoms with van der Waals surface area (Å²) in [4.78, 5) is 3.44. The van der Waals surface area contributed by atoms with Gasteiger partial charge >= 0.3 is 0 Å². The molecule has 0 aliphatic rings. The summed E-state index contributed by atoms with van der Waals surface area (Å²) in [7, 11) is 0. The van der Waals surface area contributed by atoms with Gasteiger partial charge in [0.05, 0.1) is 6.57 Å². The quantitative estimate of drug-likeness (QED) is 0.566. The van der Waals surface area contributed by atoms with Crippen molar-refractivity contribution >= 4 is 5.69 Å². The lowest BCUT2D eigenvalue weighted by molar-refractivity contribution is 0.847. The van der Waals surface area contributed by atoms with Crippen LogP contribution in [0.1, 0.15) is 36.5 Å². The molecule has 0 unspecified atom stereocenters. The zero-order chi connectivity index (χ0) is 10.0. The van der Waals surface area contributed by atoms with E-state index in [9.17, 15) is 0 Å². The standard InChI is InChI=1S/C12H15N/c1-8(2)12-9(3)6-11(13-5)7-10(12)4/h6-8H,1-4H3. The summed E-state index contributed by atoms with van der Waals surface area (Å²) in [5.74, 6) is 0.541. The maximum absolute atomic E-state index is 6.94. The lowest BCUT2D eigenvalue weighted by Gasteiger charge is -2.13. The Balaban J connectivity index is 3.33. The molecule has 0 spiro atoms. The summed E-state index contributed by atoms with van der Waals surface area (Å²) in [5.41, 5.74) is 4.61. The van der Waals surface area contributed by atoms with Gasteiger partial charge in [-0.3, -0.25) is 0 Å². The van der Waals surface area contributed by atoms with Crippen molar-refractivity contribution in [2.24, 2.45) is 0 Å². The zero-order valence-corrected chi connectivity index (χ0v) is 8.68. The van der Waals surface area contributed by atoms with E-state index in [1.165, 1.54) is 16.7 Å². The van der Waals surface area contributed by atoms with E-state index in [2.05, 4.69) is 32.5 Å². The summed E-state index contributed by atoms with van der Waals surface area (Å²) < 4.78 is 0. The van der Waals surface area contributed by atoms with E-state index < -0.39 is 0 Å². The fourth-order valence-corrected chi connectivity index (χ4v) is 1.93. The molecule has 0 saturated carbocycles. The molecule has 1 heteroatoms. The number of benzene rings is 1. The predicted octanol–water partition coefficient (Wildman–Crippen LogP) is 3.98. The molecule has 0 saturated heterocycles. The first kappa shape index (κ1) is 9.80. The van der Waals surface area contributed by atoms with Crippen molar-refractivity contribution in [1.82, 2.24) is 0 Å². The third kappa shape index (κ3) is 1.89. The molecule has 0 aliphatic carbocycles. The minimum atomic E-state index is 0.541. The van der Waals surface area contributed by atoms with E-state index in [4.69, 9.17) is 6.57 Å². The van der Waals surface area contributed by atoms with Gasteiger partial charge in [0.1, 0.15) is 0 Å². The highest BCUT2D eigenvalue weighted by molar-refractivity contribution is 5.53. The molecule has 13 heavy (non-hydrogen) atoms. The average Bonchev–Trinajstić information content (AvgIpc) is 2.02. The second kappa shape index (κ2) is 3.62. The summed E-state index contributed by atoms with van der Waals surface area (Å²) >= 11 is 0. The first-order valence-electron chi connectivity index (χ1n) is 4.55. The van der Waals surface area contributed by atoms with Crippen LogP contribution in [0.25, 0.3) is 4.85 Å². The minimum Gasteiger partial charge on any atom is -0.238 e. The molecule has 0 fully saturated rings. The fraction of sp³-hybridized carbons (Fsp3) is 0.417. The van der Waals surface area contributed by atoms with Crippen LogP contribution in [0, 0.1) is 20.4 Å². The van der Waals surface area contributed by atoms with Gasteiger partial charge in [-0.15, -0.1) is 0 Å². The van der Waals surface area contributed by atoms with Crippen LogP contribution in [0.3, 0.4) is 0 Å². The number of nitrogens with zero attached hydrogens (tertiary/aromatic N) is 1. The molecule has 0 aromatic heterocycles. The molecule has 0 atom stereocenters. The molecule has 1 aromatic rings. The second-order valence-electron chi connectivity index (χ2n) is 3.76. The smallest absolute Gasteiger partial charge is 0.187 e. The predicted molar refractivity (Wildman–Crippen MR) is 56.3 cm³/mol. The summed E-state index contributed by atoms with van der Waals surface area (Å²) in [5, 5.41) is 0. The Bertz CT molecular complexity index is 333. The van der Waals surface area contributed by atoms with Gasteiger partial charge in [-0.05, 0) is 25.3 Å². The number of rotatable bonds is 1. The lowest BCUT2D eigenvalue weighted by Crippen LogP contribution is -1.95. The normalized spacial score (nSPS) is 10.2. The molecular weight excluding hydrogens is 158 g/mol. The molecule has 0 N–H and O–H groups in total. The van der Waals surface area contributed by atoms with Crippen LogP contribution in [0.2, 0.25) is 0 Å². The molecule has 1 rings (SSSR count). The second-order valence-corrected chi connectivity index (χ2v) is 3.76. The minimum absolute atomic E-state index is 0.541. The van der Waals surface area contributed by atoms with Gasteiger partial charge in [0.25, 0.3) is 0 Å². The first-order chi connectivity index (χ1) is 6.06. The van der Waals surface area contributed by atoms with Gasteiger partial charge in [-0.1, -0.05) is 37.1 Å². The third-order valence-corrected chi connectivity index (χ3v) is 2.28. The highest BCUT2D eigenvalue weighted by atomic mass is 14.6. The summed E-state index contributed by atoms with van der Waals surface area (Å²) in [6.45, 7) is 15.5. The van der Waals surface area contributed by atoms with Crippen LogP contribution < -0.4 is 0 Å². The summed E-state index contributed by atoms with van der Waals surface area (Å²) in [6, 6.07) is 3.94. The first-order valence-corrected chi connectivity index (χ1v) is 4.55. The van der Waals surface area contributed by atoms with E-state index in [1.807, 2.05) is 12.1 Å². The molecular formula is C12H15N. The highest BCUT2D eigenvalue weighted by Gasteiger charge is 2.07. The molecule has 1 nitrogen and oxygen atoms in total. The van der Waals surface area contributed by atoms with Crippen molar-refractivity contribution in [3.63, 3.8) is 0 Å². The third-order valence-electron chi connectivity index (χ3n) is 2.28. The van der Waals surface area contributed by atoms with Crippen molar-refractivity contribution < 1.29 is 0 Å². The molecule has 1 aromatic carbocycles. The van der Waals surface area contributed by atoms with Gasteiger partial charge in [-0.2, -0.15) is 0 Å². The van der Waals surface area contributed by atoms with E-state index in [0.29, 0.717) is 5.92 Å². The van der Waals surface area contributed by atoms with Crippen LogP contribution in [0.15, 0.2) is 12.1 Å². The van der Waals surface area contributed by atoms with Crippen molar-refractivity contribution in [3.8, 4) is 0 Å². The van der Waals surface area contributed by atoms with E-state index in [-0.39, 0.29) is 0 Å². The Morgan fingerprint density at radius 1 is 1.15 bits per heavy atom. The molecule has 0 bridgehead atoms. The number of aryl methyl sites for hydroxylation is 2. The van der Waals surface area contributed by atoms with Crippen molar-refractivity contribution in [1.29, 1.82) is 0 Å². The van der Waals surface area contributed by atoms with Crippen LogP contribution in [0.4, 0.5) is 5.69 Å². The van der Waals surface area contributed by atoms with Gasteiger partial charge < -0.3 is 0 Å². The monoisotopic (exact) mass is 173 g/mol. The Kier molecular flexibility index (Phi) is 2.72. The number of hydrogen-bond acceptors (Lipinski definition) is 0. The Hall–Kier alpha value is -1.29. The van der Waals surface area contributed by atoms with E-state index >= 15 is 0 Å². The summed E-state index contributed by atoms with van der Waals surface area (Å²) in [6.07, 6.45) is 0. The van der Waals surface area contributed by atoms with E-state index in [1.54, 1.807) is 0 Å². The molecule has 68 valence electrons. The largest absolute Gasteiger partial charge is 0.238 e. The maximum atomic E-state index is 6.94. The highest BCUT2D eigenvalue weighted by Crippen LogP contribution is 2.27. The average molecular weight is 173 g/mol. The lowest BCUT2D eigenvalue weighted by atomic mass is 9.93. The van der Waals surface area contributed by atoms with Crippen molar-refractivity contribution in [2.45, 2.75) is 33.6 Å².